The topological polar surface area (TPSA) is 85.1 Å². The van der Waals surface area contributed by atoms with Gasteiger partial charge in [0.1, 0.15) is 4.90 Å². The lowest BCUT2D eigenvalue weighted by Crippen LogP contribution is -2.16. The molecule has 5 nitrogen and oxygen atoms in total. The number of pyridine rings is 1. The zero-order valence-corrected chi connectivity index (χ0v) is 13.0. The first-order chi connectivity index (χ1) is 9.72. The third-order valence-corrected chi connectivity index (χ3v) is 4.57. The van der Waals surface area contributed by atoms with Gasteiger partial charge in [-0.25, -0.2) is 17.8 Å². The maximum absolute atomic E-state index is 13.9. The lowest BCUT2D eigenvalue weighted by Gasteiger charge is -2.13. The van der Waals surface area contributed by atoms with E-state index >= 15 is 0 Å². The number of nitrogen functional groups attached to an aromatic ring is 1. The number of nitrogens with one attached hydrogen (secondary N) is 1. The van der Waals surface area contributed by atoms with Gasteiger partial charge in [-0.2, -0.15) is 0 Å². The molecule has 0 amide bonds. The molecule has 0 spiro atoms. The van der Waals surface area contributed by atoms with Crippen LogP contribution in [0.5, 0.6) is 0 Å². The summed E-state index contributed by atoms with van der Waals surface area (Å²) in [6.07, 6.45) is 1.42. The number of hydrogen-bond acceptors (Lipinski definition) is 4. The summed E-state index contributed by atoms with van der Waals surface area (Å²) in [7, 11) is -4.25. The monoisotopic (exact) mass is 349 g/mol. The number of sulfonamides is 1. The highest BCUT2D eigenvalue weighted by Crippen LogP contribution is 2.30. The Kier molecular flexibility index (Phi) is 4.27. The van der Waals surface area contributed by atoms with Crippen LogP contribution in [0, 0.1) is 12.7 Å². The van der Waals surface area contributed by atoms with E-state index in [1.807, 2.05) is 0 Å². The van der Waals surface area contributed by atoms with Gasteiger partial charge in [-0.1, -0.05) is 23.2 Å². The van der Waals surface area contributed by atoms with E-state index in [9.17, 15) is 12.8 Å². The van der Waals surface area contributed by atoms with E-state index in [0.29, 0.717) is 5.56 Å². The lowest BCUT2D eigenvalue weighted by molar-refractivity contribution is 0.571. The summed E-state index contributed by atoms with van der Waals surface area (Å²) in [5.41, 5.74) is 6.12. The summed E-state index contributed by atoms with van der Waals surface area (Å²) in [4.78, 5) is 3.11. The van der Waals surface area contributed by atoms with Crippen LogP contribution in [0.15, 0.2) is 29.3 Å². The zero-order valence-electron chi connectivity index (χ0n) is 10.7. The number of nitrogens with two attached hydrogens (primary N) is 1. The summed E-state index contributed by atoms with van der Waals surface area (Å²) in [5, 5.41) is -0.432. The molecule has 0 aliphatic rings. The molecule has 2 rings (SSSR count). The molecule has 0 fully saturated rings. The van der Waals surface area contributed by atoms with E-state index in [0.717, 1.165) is 12.1 Å². The first-order valence-electron chi connectivity index (χ1n) is 5.61. The summed E-state index contributed by atoms with van der Waals surface area (Å²) < 4.78 is 40.7. The Morgan fingerprint density at radius 2 is 2.00 bits per heavy atom. The second-order valence-corrected chi connectivity index (χ2v) is 6.63. The van der Waals surface area contributed by atoms with Gasteiger partial charge in [0, 0.05) is 11.9 Å². The molecule has 1 aromatic heterocycles. The van der Waals surface area contributed by atoms with Gasteiger partial charge < -0.3 is 5.73 Å². The molecule has 0 unspecified atom stereocenters. The molecular weight excluding hydrogens is 340 g/mol. The number of rotatable bonds is 3. The molecular formula is C12H10Cl2FN3O2S. The van der Waals surface area contributed by atoms with Gasteiger partial charge in [-0.3, -0.25) is 4.72 Å². The van der Waals surface area contributed by atoms with Crippen LogP contribution in [0.25, 0.3) is 0 Å². The van der Waals surface area contributed by atoms with E-state index in [4.69, 9.17) is 28.9 Å². The van der Waals surface area contributed by atoms with E-state index < -0.39 is 20.7 Å². The van der Waals surface area contributed by atoms with Gasteiger partial charge in [0.15, 0.2) is 11.0 Å². The first kappa shape index (κ1) is 15.8. The number of nitrogens with zero attached hydrogens (tertiary/aromatic N) is 1. The van der Waals surface area contributed by atoms with E-state index in [-0.39, 0.29) is 21.6 Å². The van der Waals surface area contributed by atoms with Crippen molar-refractivity contribution >= 4 is 44.6 Å². The lowest BCUT2D eigenvalue weighted by atomic mass is 10.3. The standard InChI is InChI=1S/C12H10Cl2FN3O2S/c1-6-2-3-17-12(14)11(6)18-21(19,20)9-5-7(16)4-8(13)10(9)15/h2-5,18H,16H2,1H3. The van der Waals surface area contributed by atoms with Crippen LogP contribution in [-0.4, -0.2) is 13.4 Å². The number of hydrogen-bond donors (Lipinski definition) is 2. The number of aryl methyl sites for hydroxylation is 1. The first-order valence-corrected chi connectivity index (χ1v) is 7.84. The molecule has 2 aromatic rings. The summed E-state index contributed by atoms with van der Waals surface area (Å²) in [6, 6.07) is 3.66. The SMILES string of the molecule is Cc1ccnc(Cl)c1NS(=O)(=O)c1cc(N)cc(Cl)c1F. The minimum absolute atomic E-state index is 0.0239. The maximum atomic E-state index is 13.9. The quantitative estimate of drug-likeness (QED) is 0.658. The van der Waals surface area contributed by atoms with Crippen LogP contribution < -0.4 is 10.5 Å². The van der Waals surface area contributed by atoms with Crippen molar-refractivity contribution in [2.75, 3.05) is 10.5 Å². The molecule has 0 aliphatic heterocycles. The predicted octanol–water partition coefficient (Wildman–Crippen LogP) is 3.22. The van der Waals surface area contributed by atoms with Gasteiger partial charge in [0.2, 0.25) is 0 Å². The van der Waals surface area contributed by atoms with Gasteiger partial charge >= 0.3 is 0 Å². The Morgan fingerprint density at radius 1 is 1.33 bits per heavy atom. The second kappa shape index (κ2) is 5.67. The molecule has 9 heteroatoms. The fourth-order valence-corrected chi connectivity index (χ4v) is 3.48. The van der Waals surface area contributed by atoms with Crippen molar-refractivity contribution in [3.63, 3.8) is 0 Å². The molecule has 0 saturated carbocycles. The van der Waals surface area contributed by atoms with Crippen molar-refractivity contribution in [1.29, 1.82) is 0 Å². The smallest absolute Gasteiger partial charge is 0.265 e. The van der Waals surface area contributed by atoms with Crippen LogP contribution in [0.1, 0.15) is 5.56 Å². The van der Waals surface area contributed by atoms with Gasteiger partial charge in [-0.15, -0.1) is 0 Å². The molecule has 21 heavy (non-hydrogen) atoms. The highest BCUT2D eigenvalue weighted by atomic mass is 35.5. The van der Waals surface area contributed by atoms with E-state index in [2.05, 4.69) is 9.71 Å². The molecule has 0 aliphatic carbocycles. The van der Waals surface area contributed by atoms with Gasteiger partial charge in [-0.05, 0) is 30.7 Å². The van der Waals surface area contributed by atoms with Crippen molar-refractivity contribution in [3.05, 3.63) is 46.0 Å². The summed E-state index contributed by atoms with van der Waals surface area (Å²) in [6.45, 7) is 1.63. The summed E-state index contributed by atoms with van der Waals surface area (Å²) >= 11 is 11.4. The molecule has 3 N–H and O–H groups in total. The van der Waals surface area contributed by atoms with Crippen LogP contribution >= 0.6 is 23.2 Å². The summed E-state index contributed by atoms with van der Waals surface area (Å²) in [5.74, 6) is -1.09. The largest absolute Gasteiger partial charge is 0.399 e. The predicted molar refractivity (Wildman–Crippen MR) is 80.6 cm³/mol. The minimum atomic E-state index is -4.25. The molecule has 0 atom stereocenters. The number of benzene rings is 1. The molecule has 0 bridgehead atoms. The maximum Gasteiger partial charge on any atom is 0.265 e. The van der Waals surface area contributed by atoms with Crippen LogP contribution in [0.3, 0.4) is 0 Å². The average molecular weight is 350 g/mol. The van der Waals surface area contributed by atoms with Crippen molar-refractivity contribution < 1.29 is 12.8 Å². The molecule has 0 saturated heterocycles. The van der Waals surface area contributed by atoms with Crippen LogP contribution in [-0.2, 0) is 10.0 Å². The normalized spacial score (nSPS) is 11.4. The fraction of sp³-hybridized carbons (Fsp3) is 0.0833. The molecule has 0 radical (unpaired) electrons. The Hall–Kier alpha value is -1.57. The van der Waals surface area contributed by atoms with Crippen LogP contribution in [0.2, 0.25) is 10.2 Å². The van der Waals surface area contributed by atoms with Gasteiger partial charge in [0.25, 0.3) is 10.0 Å². The molecule has 112 valence electrons. The Bertz CT molecular complexity index is 792. The van der Waals surface area contributed by atoms with Crippen molar-refractivity contribution in [3.8, 4) is 0 Å². The molecule has 1 aromatic carbocycles. The number of aromatic nitrogens is 1. The second-order valence-electron chi connectivity index (χ2n) is 4.21. The van der Waals surface area contributed by atoms with Crippen molar-refractivity contribution in [2.24, 2.45) is 0 Å². The van der Waals surface area contributed by atoms with Crippen LogP contribution in [0.4, 0.5) is 15.8 Å². The Balaban J connectivity index is 2.54. The van der Waals surface area contributed by atoms with E-state index in [1.54, 1.807) is 13.0 Å². The third kappa shape index (κ3) is 3.20. The third-order valence-electron chi connectivity index (χ3n) is 2.66. The number of anilines is 2. The minimum Gasteiger partial charge on any atom is -0.399 e. The fourth-order valence-electron chi connectivity index (χ4n) is 1.62. The number of halogens is 3. The molecule has 1 heterocycles. The average Bonchev–Trinajstić information content (AvgIpc) is 2.38. The zero-order chi connectivity index (χ0) is 15.8. The Labute approximate surface area is 130 Å². The van der Waals surface area contributed by atoms with Crippen molar-refractivity contribution in [1.82, 2.24) is 4.98 Å². The Morgan fingerprint density at radius 3 is 2.62 bits per heavy atom. The van der Waals surface area contributed by atoms with Gasteiger partial charge in [0.05, 0.1) is 10.7 Å². The highest BCUT2D eigenvalue weighted by Gasteiger charge is 2.23. The van der Waals surface area contributed by atoms with Crippen molar-refractivity contribution in [2.45, 2.75) is 11.8 Å². The van der Waals surface area contributed by atoms with E-state index in [1.165, 1.54) is 6.20 Å². The highest BCUT2D eigenvalue weighted by molar-refractivity contribution is 7.92.